The monoisotopic (exact) mass is 453 g/mol. The third kappa shape index (κ3) is 4.30. The van der Waals surface area contributed by atoms with Crippen molar-refractivity contribution in [1.29, 1.82) is 0 Å². The number of carbonyl (C=O) groups excluding carboxylic acids is 3. The van der Waals surface area contributed by atoms with Crippen LogP contribution in [0.1, 0.15) is 23.3 Å². The highest BCUT2D eigenvalue weighted by atomic mass is 19.4. The number of likely N-dealkylation sites (tertiary alicyclic amines) is 1. The molecule has 0 radical (unpaired) electrons. The van der Waals surface area contributed by atoms with E-state index in [1.165, 1.54) is 9.58 Å². The highest BCUT2D eigenvalue weighted by Crippen LogP contribution is 2.48. The highest BCUT2D eigenvalue weighted by Gasteiger charge is 2.56. The Balaban J connectivity index is 1.49. The van der Waals surface area contributed by atoms with Crippen LogP contribution in [0.15, 0.2) is 36.2 Å². The summed E-state index contributed by atoms with van der Waals surface area (Å²) in [5, 5.41) is 6.74. The van der Waals surface area contributed by atoms with Crippen LogP contribution < -0.4 is 11.1 Å². The zero-order chi connectivity index (χ0) is 23.2. The van der Waals surface area contributed by atoms with E-state index in [0.29, 0.717) is 23.7 Å². The molecule has 2 aliphatic rings. The average molecular weight is 453 g/mol. The van der Waals surface area contributed by atoms with Crippen molar-refractivity contribution < 1.29 is 31.9 Å². The molecule has 2 fully saturated rings. The third-order valence-corrected chi connectivity index (χ3v) is 5.62. The Kier molecular flexibility index (Phi) is 5.39. The number of alkyl halides is 3. The summed E-state index contributed by atoms with van der Waals surface area (Å²) in [4.78, 5) is 38.6. The number of nitrogens with two attached hydrogens (primary N) is 1. The number of hydrogen-bond donors (Lipinski definition) is 2. The van der Waals surface area contributed by atoms with Gasteiger partial charge in [-0.25, -0.2) is 4.39 Å². The van der Waals surface area contributed by atoms with Crippen molar-refractivity contribution in [1.82, 2.24) is 20.0 Å². The van der Waals surface area contributed by atoms with E-state index in [4.69, 9.17) is 5.73 Å². The number of piperidine rings is 1. The van der Waals surface area contributed by atoms with Crippen LogP contribution in [0.3, 0.4) is 0 Å². The van der Waals surface area contributed by atoms with E-state index in [1.807, 2.05) is 0 Å². The number of nitrogens with one attached hydrogen (secondary N) is 1. The summed E-state index contributed by atoms with van der Waals surface area (Å²) in [6.07, 6.45) is -4.30. The Morgan fingerprint density at radius 2 is 1.94 bits per heavy atom. The van der Waals surface area contributed by atoms with E-state index in [1.54, 1.807) is 24.3 Å². The number of primary amides is 1. The van der Waals surface area contributed by atoms with E-state index in [-0.39, 0.29) is 24.2 Å². The van der Waals surface area contributed by atoms with E-state index in [0.717, 1.165) is 0 Å². The van der Waals surface area contributed by atoms with Crippen molar-refractivity contribution in [3.05, 3.63) is 41.9 Å². The predicted octanol–water partition coefficient (Wildman–Crippen LogP) is 1.66. The maximum Gasteiger partial charge on any atom is 0.412 e. The van der Waals surface area contributed by atoms with Crippen molar-refractivity contribution in [3.63, 3.8) is 0 Å². The molecule has 1 aromatic heterocycles. The lowest BCUT2D eigenvalue weighted by Crippen LogP contribution is -2.49. The molecule has 12 heteroatoms. The summed E-state index contributed by atoms with van der Waals surface area (Å²) in [7, 11) is 0. The Hall–Kier alpha value is -3.44. The number of benzene rings is 1. The summed E-state index contributed by atoms with van der Waals surface area (Å²) in [6, 6.07) is 5.65. The van der Waals surface area contributed by atoms with Gasteiger partial charge in [-0.1, -0.05) is 18.2 Å². The van der Waals surface area contributed by atoms with Crippen molar-refractivity contribution in [3.8, 4) is 0 Å². The molecule has 0 spiro atoms. The molecule has 170 valence electrons. The van der Waals surface area contributed by atoms with Crippen molar-refractivity contribution >= 4 is 28.6 Å². The zero-order valence-electron chi connectivity index (χ0n) is 16.6. The number of fused-ring (bicyclic) bond motifs is 2. The van der Waals surface area contributed by atoms with E-state index < -0.39 is 48.4 Å². The summed E-state index contributed by atoms with van der Waals surface area (Å²) in [5.74, 6) is -3.33. The first-order valence-electron chi connectivity index (χ1n) is 9.83. The number of aromatic nitrogens is 2. The SMILES string of the molecule is NC(=O)c1nn(CC(=O)N2[C@@H]3C[C@@H]3C[C@H]2C(=O)NC/C(F)=C/C(F)(F)F)c2ccccc12. The molecular formula is C20H19F4N5O3. The van der Waals surface area contributed by atoms with Gasteiger partial charge in [-0.15, -0.1) is 0 Å². The first kappa shape index (κ1) is 21.8. The summed E-state index contributed by atoms with van der Waals surface area (Å²) >= 11 is 0. The van der Waals surface area contributed by atoms with Crippen LogP contribution in [0.25, 0.3) is 10.9 Å². The summed E-state index contributed by atoms with van der Waals surface area (Å²) in [6.45, 7) is -1.18. The quantitative estimate of drug-likeness (QED) is 0.648. The molecule has 32 heavy (non-hydrogen) atoms. The lowest BCUT2D eigenvalue weighted by molar-refractivity contribution is -0.140. The molecule has 1 saturated carbocycles. The molecule has 1 aliphatic carbocycles. The number of para-hydroxylation sites is 1. The smallest absolute Gasteiger partial charge is 0.364 e. The number of rotatable bonds is 6. The first-order chi connectivity index (χ1) is 15.0. The van der Waals surface area contributed by atoms with Gasteiger partial charge in [-0.2, -0.15) is 18.3 Å². The Bertz CT molecular complexity index is 1130. The Morgan fingerprint density at radius 3 is 2.62 bits per heavy atom. The molecule has 4 rings (SSSR count). The number of nitrogens with zero attached hydrogens (tertiary/aromatic N) is 3. The molecular weight excluding hydrogens is 434 g/mol. The van der Waals surface area contributed by atoms with Gasteiger partial charge in [0, 0.05) is 11.4 Å². The van der Waals surface area contributed by atoms with Crippen LogP contribution in [0.5, 0.6) is 0 Å². The molecule has 0 bridgehead atoms. The second kappa shape index (κ2) is 7.92. The Labute approximate surface area is 179 Å². The third-order valence-electron chi connectivity index (χ3n) is 5.62. The maximum absolute atomic E-state index is 13.4. The molecule has 0 unspecified atom stereocenters. The maximum atomic E-state index is 13.4. The molecule has 2 heterocycles. The largest absolute Gasteiger partial charge is 0.412 e. The minimum atomic E-state index is -4.83. The Morgan fingerprint density at radius 1 is 1.22 bits per heavy atom. The number of halogens is 4. The van der Waals surface area contributed by atoms with Gasteiger partial charge in [0.05, 0.1) is 18.1 Å². The minimum Gasteiger partial charge on any atom is -0.364 e. The molecule has 3 N–H and O–H groups in total. The second-order valence-electron chi connectivity index (χ2n) is 7.85. The number of hydrogen-bond acceptors (Lipinski definition) is 4. The molecule has 3 atom stereocenters. The van der Waals surface area contributed by atoms with Crippen LogP contribution in [0, 0.1) is 5.92 Å². The normalized spacial score (nSPS) is 22.7. The van der Waals surface area contributed by atoms with Crippen LogP contribution in [-0.2, 0) is 16.1 Å². The van der Waals surface area contributed by atoms with Gasteiger partial charge in [0.1, 0.15) is 18.4 Å². The van der Waals surface area contributed by atoms with Gasteiger partial charge < -0.3 is 16.0 Å². The first-order valence-corrected chi connectivity index (χ1v) is 9.83. The van der Waals surface area contributed by atoms with E-state index in [9.17, 15) is 31.9 Å². The zero-order valence-corrected chi connectivity index (χ0v) is 16.6. The van der Waals surface area contributed by atoms with Crippen molar-refractivity contribution in [2.75, 3.05) is 6.54 Å². The number of allylic oxidation sites excluding steroid dienone is 1. The lowest BCUT2D eigenvalue weighted by Gasteiger charge is -2.27. The van der Waals surface area contributed by atoms with Crippen molar-refractivity contribution in [2.45, 2.75) is 37.6 Å². The lowest BCUT2D eigenvalue weighted by atomic mass is 10.1. The fraction of sp³-hybridized carbons (Fsp3) is 0.400. The van der Waals surface area contributed by atoms with Crippen LogP contribution in [0.4, 0.5) is 17.6 Å². The van der Waals surface area contributed by atoms with Crippen LogP contribution in [0.2, 0.25) is 0 Å². The second-order valence-corrected chi connectivity index (χ2v) is 7.85. The fourth-order valence-electron chi connectivity index (χ4n) is 4.21. The molecule has 1 aliphatic heterocycles. The molecule has 1 saturated heterocycles. The van der Waals surface area contributed by atoms with Gasteiger partial charge in [0.2, 0.25) is 11.8 Å². The van der Waals surface area contributed by atoms with Gasteiger partial charge in [-0.05, 0) is 24.8 Å². The molecule has 3 amide bonds. The average Bonchev–Trinajstić information content (AvgIpc) is 3.21. The van der Waals surface area contributed by atoms with Gasteiger partial charge >= 0.3 is 6.18 Å². The summed E-state index contributed by atoms with van der Waals surface area (Å²) < 4.78 is 51.3. The fourth-order valence-corrected chi connectivity index (χ4v) is 4.21. The molecule has 2 aromatic rings. The topological polar surface area (TPSA) is 110 Å². The molecule has 8 nitrogen and oxygen atoms in total. The predicted molar refractivity (Wildman–Crippen MR) is 104 cm³/mol. The number of amides is 3. The van der Waals surface area contributed by atoms with Gasteiger partial charge in [-0.3, -0.25) is 19.1 Å². The standard InChI is InChI=1S/C20H19F4N5O3/c21-11(7-20(22,23)24)8-26-19(32)15-6-10-5-14(10)29(15)16(30)9-28-13-4-2-1-3-12(13)17(27-28)18(25)31/h1-4,7,10,14-15H,5-6,8-9H2,(H2,25,31)(H,26,32)/b11-7-/t10-,14-,15+/m1/s1. The van der Waals surface area contributed by atoms with Crippen molar-refractivity contribution in [2.24, 2.45) is 11.7 Å². The van der Waals surface area contributed by atoms with Crippen LogP contribution in [-0.4, -0.2) is 57.2 Å². The minimum absolute atomic E-state index is 0.0142. The van der Waals surface area contributed by atoms with E-state index >= 15 is 0 Å². The van der Waals surface area contributed by atoms with Gasteiger partial charge in [0.15, 0.2) is 5.69 Å². The highest BCUT2D eigenvalue weighted by molar-refractivity contribution is 6.04. The van der Waals surface area contributed by atoms with Gasteiger partial charge in [0.25, 0.3) is 5.91 Å². The number of carbonyl (C=O) groups is 3. The molecule has 1 aromatic carbocycles. The van der Waals surface area contributed by atoms with E-state index in [2.05, 4.69) is 10.4 Å². The van der Waals surface area contributed by atoms with Crippen LogP contribution >= 0.6 is 0 Å². The summed E-state index contributed by atoms with van der Waals surface area (Å²) in [5.41, 5.74) is 5.89.